The molecule has 0 amide bonds. The first kappa shape index (κ1) is 10.6. The lowest BCUT2D eigenvalue weighted by molar-refractivity contribution is 0.564. The molecular formula is C11H17N3. The van der Waals surface area contributed by atoms with Gasteiger partial charge in [-0.1, -0.05) is 6.08 Å². The van der Waals surface area contributed by atoms with Gasteiger partial charge in [0, 0.05) is 31.6 Å². The lowest BCUT2D eigenvalue weighted by Gasteiger charge is -2.03. The SMILES string of the molecule is C/C=C(\C=C/N(C)C)c1ncc(C)[nH]1. The normalized spacial score (nSPS) is 12.4. The summed E-state index contributed by atoms with van der Waals surface area (Å²) in [6.07, 6.45) is 7.92. The van der Waals surface area contributed by atoms with Crippen molar-refractivity contribution in [3.05, 3.63) is 36.1 Å². The van der Waals surface area contributed by atoms with E-state index in [4.69, 9.17) is 0 Å². The molecule has 0 aliphatic heterocycles. The second-order valence-electron chi connectivity index (χ2n) is 3.44. The molecule has 0 bridgehead atoms. The molecule has 0 radical (unpaired) electrons. The van der Waals surface area contributed by atoms with E-state index < -0.39 is 0 Å². The standard InChI is InChI=1S/C11H17N3/c1-5-10(6-7-14(3)4)11-12-8-9(2)13-11/h5-8H,1-4H3,(H,12,13)/b7-6-,10-5+. The number of nitrogens with zero attached hydrogens (tertiary/aromatic N) is 2. The zero-order valence-corrected chi connectivity index (χ0v) is 9.20. The van der Waals surface area contributed by atoms with Gasteiger partial charge in [-0.15, -0.1) is 0 Å². The Morgan fingerprint density at radius 1 is 1.50 bits per heavy atom. The van der Waals surface area contributed by atoms with Crippen LogP contribution in [0.15, 0.2) is 24.5 Å². The average Bonchev–Trinajstić information content (AvgIpc) is 2.53. The molecule has 1 rings (SSSR count). The number of aromatic nitrogens is 2. The summed E-state index contributed by atoms with van der Waals surface area (Å²) in [4.78, 5) is 9.47. The zero-order chi connectivity index (χ0) is 10.6. The third kappa shape index (κ3) is 2.76. The summed E-state index contributed by atoms with van der Waals surface area (Å²) in [7, 11) is 3.99. The molecule has 0 aliphatic rings. The number of aryl methyl sites for hydroxylation is 1. The molecule has 0 fully saturated rings. The lowest BCUT2D eigenvalue weighted by atomic mass is 10.2. The Morgan fingerprint density at radius 3 is 2.64 bits per heavy atom. The predicted octanol–water partition coefficient (Wildman–Crippen LogP) is 2.20. The first-order valence-electron chi connectivity index (χ1n) is 4.66. The number of hydrogen-bond acceptors (Lipinski definition) is 2. The summed E-state index contributed by atoms with van der Waals surface area (Å²) in [5, 5.41) is 0. The van der Waals surface area contributed by atoms with E-state index in [1.807, 2.05) is 57.4 Å². The molecule has 1 heterocycles. The minimum atomic E-state index is 0.920. The highest BCUT2D eigenvalue weighted by molar-refractivity contribution is 5.69. The van der Waals surface area contributed by atoms with E-state index in [0.29, 0.717) is 0 Å². The maximum atomic E-state index is 4.27. The maximum Gasteiger partial charge on any atom is 0.137 e. The van der Waals surface area contributed by atoms with Crippen LogP contribution in [0.1, 0.15) is 18.4 Å². The first-order valence-corrected chi connectivity index (χ1v) is 4.66. The van der Waals surface area contributed by atoms with E-state index in [2.05, 4.69) is 9.97 Å². The van der Waals surface area contributed by atoms with Crippen molar-refractivity contribution in [1.29, 1.82) is 0 Å². The monoisotopic (exact) mass is 191 g/mol. The van der Waals surface area contributed by atoms with Gasteiger partial charge in [0.25, 0.3) is 0 Å². The maximum absolute atomic E-state index is 4.27. The number of nitrogens with one attached hydrogen (secondary N) is 1. The molecule has 1 aromatic heterocycles. The van der Waals surface area contributed by atoms with Gasteiger partial charge >= 0.3 is 0 Å². The highest BCUT2D eigenvalue weighted by Gasteiger charge is 1.99. The van der Waals surface area contributed by atoms with Crippen molar-refractivity contribution in [2.24, 2.45) is 0 Å². The highest BCUT2D eigenvalue weighted by atomic mass is 15.0. The van der Waals surface area contributed by atoms with Crippen LogP contribution >= 0.6 is 0 Å². The predicted molar refractivity (Wildman–Crippen MR) is 59.8 cm³/mol. The molecule has 1 aromatic rings. The van der Waals surface area contributed by atoms with Gasteiger partial charge in [0.2, 0.25) is 0 Å². The zero-order valence-electron chi connectivity index (χ0n) is 9.20. The summed E-state index contributed by atoms with van der Waals surface area (Å²) in [5.74, 6) is 0.920. The average molecular weight is 191 g/mol. The Morgan fingerprint density at radius 2 is 2.21 bits per heavy atom. The molecule has 0 aliphatic carbocycles. The molecule has 14 heavy (non-hydrogen) atoms. The first-order chi connectivity index (χ1) is 6.63. The van der Waals surface area contributed by atoms with Crippen molar-refractivity contribution in [2.75, 3.05) is 14.1 Å². The third-order valence-electron chi connectivity index (χ3n) is 1.84. The molecule has 0 spiro atoms. The van der Waals surface area contributed by atoms with Crippen LogP contribution in [0.25, 0.3) is 5.57 Å². The topological polar surface area (TPSA) is 31.9 Å². The molecule has 3 heteroatoms. The van der Waals surface area contributed by atoms with E-state index in [9.17, 15) is 0 Å². The Balaban J connectivity index is 2.84. The minimum Gasteiger partial charge on any atom is -0.383 e. The van der Waals surface area contributed by atoms with Gasteiger partial charge in [0.05, 0.1) is 0 Å². The van der Waals surface area contributed by atoms with Gasteiger partial charge in [-0.3, -0.25) is 0 Å². The Bertz CT molecular complexity index is 345. The molecule has 3 nitrogen and oxygen atoms in total. The van der Waals surface area contributed by atoms with E-state index in [-0.39, 0.29) is 0 Å². The van der Waals surface area contributed by atoms with Crippen molar-refractivity contribution in [1.82, 2.24) is 14.9 Å². The van der Waals surface area contributed by atoms with Crippen LogP contribution in [-0.2, 0) is 0 Å². The van der Waals surface area contributed by atoms with Gasteiger partial charge < -0.3 is 9.88 Å². The van der Waals surface area contributed by atoms with E-state index >= 15 is 0 Å². The van der Waals surface area contributed by atoms with E-state index in [1.54, 1.807) is 0 Å². The highest BCUT2D eigenvalue weighted by Crippen LogP contribution is 2.11. The Labute approximate surface area is 85.2 Å². The quantitative estimate of drug-likeness (QED) is 0.743. The molecule has 0 unspecified atom stereocenters. The molecule has 0 saturated carbocycles. The van der Waals surface area contributed by atoms with Gasteiger partial charge in [-0.05, 0) is 26.1 Å². The molecule has 0 atom stereocenters. The molecule has 1 N–H and O–H groups in total. The lowest BCUT2D eigenvalue weighted by Crippen LogP contribution is -2.00. The summed E-state index contributed by atoms with van der Waals surface area (Å²) in [6.45, 7) is 4.01. The summed E-state index contributed by atoms with van der Waals surface area (Å²) < 4.78 is 0. The van der Waals surface area contributed by atoms with Crippen molar-refractivity contribution < 1.29 is 0 Å². The molecule has 0 aromatic carbocycles. The van der Waals surface area contributed by atoms with Crippen LogP contribution in [0.2, 0.25) is 0 Å². The second-order valence-corrected chi connectivity index (χ2v) is 3.44. The van der Waals surface area contributed by atoms with Gasteiger partial charge in [0.15, 0.2) is 0 Å². The fourth-order valence-electron chi connectivity index (χ4n) is 1.10. The van der Waals surface area contributed by atoms with Crippen LogP contribution in [0, 0.1) is 6.92 Å². The Hall–Kier alpha value is -1.51. The molecule has 76 valence electrons. The van der Waals surface area contributed by atoms with Gasteiger partial charge in [-0.25, -0.2) is 4.98 Å². The van der Waals surface area contributed by atoms with Crippen LogP contribution < -0.4 is 0 Å². The van der Waals surface area contributed by atoms with Crippen LogP contribution in [-0.4, -0.2) is 29.0 Å². The second kappa shape index (κ2) is 4.65. The van der Waals surface area contributed by atoms with Gasteiger partial charge in [-0.2, -0.15) is 0 Å². The summed E-state index contributed by atoms with van der Waals surface area (Å²) in [6, 6.07) is 0. The number of aromatic amines is 1. The number of allylic oxidation sites excluding steroid dienone is 3. The largest absolute Gasteiger partial charge is 0.383 e. The fraction of sp³-hybridized carbons (Fsp3) is 0.364. The van der Waals surface area contributed by atoms with E-state index in [0.717, 1.165) is 17.1 Å². The number of H-pyrrole nitrogens is 1. The molecular weight excluding hydrogens is 174 g/mol. The van der Waals surface area contributed by atoms with E-state index in [1.165, 1.54) is 0 Å². The van der Waals surface area contributed by atoms with Crippen molar-refractivity contribution in [3.63, 3.8) is 0 Å². The van der Waals surface area contributed by atoms with Crippen molar-refractivity contribution in [3.8, 4) is 0 Å². The summed E-state index contributed by atoms with van der Waals surface area (Å²) in [5.41, 5.74) is 2.18. The fourth-order valence-corrected chi connectivity index (χ4v) is 1.10. The minimum absolute atomic E-state index is 0.920. The molecule has 0 saturated heterocycles. The van der Waals surface area contributed by atoms with Crippen LogP contribution in [0.4, 0.5) is 0 Å². The number of imidazole rings is 1. The smallest absolute Gasteiger partial charge is 0.137 e. The van der Waals surface area contributed by atoms with Crippen molar-refractivity contribution >= 4 is 5.57 Å². The van der Waals surface area contributed by atoms with Gasteiger partial charge in [0.1, 0.15) is 5.82 Å². The third-order valence-corrected chi connectivity index (χ3v) is 1.84. The van der Waals surface area contributed by atoms with Crippen molar-refractivity contribution in [2.45, 2.75) is 13.8 Å². The number of hydrogen-bond donors (Lipinski definition) is 1. The van der Waals surface area contributed by atoms with Crippen LogP contribution in [0.3, 0.4) is 0 Å². The number of rotatable bonds is 3. The van der Waals surface area contributed by atoms with Crippen LogP contribution in [0.5, 0.6) is 0 Å². The Kier molecular flexibility index (Phi) is 3.51. The summed E-state index contributed by atoms with van der Waals surface area (Å²) >= 11 is 0.